The van der Waals surface area contributed by atoms with Crippen molar-refractivity contribution >= 4 is 0 Å². The molecule has 0 radical (unpaired) electrons. The number of hydrogen-bond donors (Lipinski definition) is 0. The van der Waals surface area contributed by atoms with E-state index in [0.29, 0.717) is 5.92 Å². The molecule has 0 aromatic carbocycles. The lowest BCUT2D eigenvalue weighted by molar-refractivity contribution is -0.00264. The van der Waals surface area contributed by atoms with E-state index in [-0.39, 0.29) is 0 Å². The minimum atomic E-state index is 0.521. The van der Waals surface area contributed by atoms with Crippen LogP contribution in [0.25, 0.3) is 0 Å². The van der Waals surface area contributed by atoms with Crippen LogP contribution in [0.15, 0.2) is 0 Å². The van der Waals surface area contributed by atoms with Gasteiger partial charge in [0.25, 0.3) is 0 Å². The van der Waals surface area contributed by atoms with E-state index >= 15 is 0 Å². The van der Waals surface area contributed by atoms with Crippen LogP contribution in [0, 0.1) is 18.3 Å². The molecule has 0 amide bonds. The number of rotatable bonds is 1. The van der Waals surface area contributed by atoms with Crippen LogP contribution in [0.2, 0.25) is 0 Å². The molecular formula is C10H15NO. The lowest BCUT2D eigenvalue weighted by atomic mass is 9.95. The van der Waals surface area contributed by atoms with Crippen molar-refractivity contribution in [1.82, 2.24) is 4.90 Å². The molecule has 0 bridgehead atoms. The third-order valence-electron chi connectivity index (χ3n) is 2.85. The van der Waals surface area contributed by atoms with Crippen molar-refractivity contribution in [2.75, 3.05) is 26.3 Å². The molecule has 2 nitrogen and oxygen atoms in total. The average Bonchev–Trinajstić information content (AvgIpc) is 2.04. The lowest BCUT2D eigenvalue weighted by Gasteiger charge is -2.43. The molecule has 2 heteroatoms. The molecule has 2 fully saturated rings. The van der Waals surface area contributed by atoms with E-state index in [1.54, 1.807) is 0 Å². The summed E-state index contributed by atoms with van der Waals surface area (Å²) in [7, 11) is 0. The molecule has 0 saturated carbocycles. The highest BCUT2D eigenvalue weighted by atomic mass is 16.5. The van der Waals surface area contributed by atoms with Gasteiger partial charge in [0.05, 0.1) is 0 Å². The highest BCUT2D eigenvalue weighted by Crippen LogP contribution is 2.23. The first-order valence-electron chi connectivity index (χ1n) is 4.68. The molecule has 0 N–H and O–H groups in total. The van der Waals surface area contributed by atoms with Crippen LogP contribution in [-0.2, 0) is 4.74 Å². The van der Waals surface area contributed by atoms with Crippen LogP contribution < -0.4 is 0 Å². The molecule has 0 aromatic rings. The van der Waals surface area contributed by atoms with Crippen molar-refractivity contribution in [3.05, 3.63) is 0 Å². The first-order valence-corrected chi connectivity index (χ1v) is 4.68. The fourth-order valence-corrected chi connectivity index (χ4v) is 1.97. The second-order valence-corrected chi connectivity index (χ2v) is 3.66. The van der Waals surface area contributed by atoms with E-state index in [1.807, 2.05) is 0 Å². The van der Waals surface area contributed by atoms with E-state index in [9.17, 15) is 0 Å². The van der Waals surface area contributed by atoms with Gasteiger partial charge in [-0.25, -0.2) is 0 Å². The predicted octanol–water partition coefficient (Wildman–Crippen LogP) is 0.730. The number of likely N-dealkylation sites (tertiary alicyclic amines) is 1. The maximum absolute atomic E-state index is 5.32. The molecule has 12 heavy (non-hydrogen) atoms. The van der Waals surface area contributed by atoms with Gasteiger partial charge in [0.2, 0.25) is 0 Å². The van der Waals surface area contributed by atoms with Gasteiger partial charge in [0, 0.05) is 38.3 Å². The normalized spacial score (nSPS) is 27.9. The summed E-state index contributed by atoms with van der Waals surface area (Å²) >= 11 is 0. The second-order valence-electron chi connectivity index (χ2n) is 3.66. The molecule has 0 atom stereocenters. The molecule has 0 unspecified atom stereocenters. The van der Waals surface area contributed by atoms with Gasteiger partial charge < -0.3 is 4.74 Å². The minimum Gasteiger partial charge on any atom is -0.381 e. The van der Waals surface area contributed by atoms with E-state index in [0.717, 1.165) is 32.3 Å². The zero-order valence-electron chi connectivity index (χ0n) is 7.33. The van der Waals surface area contributed by atoms with E-state index in [4.69, 9.17) is 11.2 Å². The first-order chi connectivity index (χ1) is 5.90. The van der Waals surface area contributed by atoms with Crippen LogP contribution in [0.3, 0.4) is 0 Å². The third-order valence-corrected chi connectivity index (χ3v) is 2.85. The van der Waals surface area contributed by atoms with Gasteiger partial charge in [-0.05, 0) is 12.8 Å². The topological polar surface area (TPSA) is 12.5 Å². The quantitative estimate of drug-likeness (QED) is 0.531. The first kappa shape index (κ1) is 8.10. The second kappa shape index (κ2) is 3.47. The average molecular weight is 165 g/mol. The van der Waals surface area contributed by atoms with Crippen LogP contribution >= 0.6 is 0 Å². The Morgan fingerprint density at radius 2 is 1.92 bits per heavy atom. The van der Waals surface area contributed by atoms with Crippen molar-refractivity contribution < 1.29 is 4.74 Å². The summed E-state index contributed by atoms with van der Waals surface area (Å²) in [6, 6.07) is 0.753. The summed E-state index contributed by atoms with van der Waals surface area (Å²) in [5.74, 6) is 3.32. The standard InChI is InChI=1S/C10H15NO/c1-2-9-7-11(8-9)10-3-5-12-6-4-10/h1,9-10H,3-8H2. The van der Waals surface area contributed by atoms with Crippen LogP contribution in [0.1, 0.15) is 12.8 Å². The minimum absolute atomic E-state index is 0.521. The summed E-state index contributed by atoms with van der Waals surface area (Å²) in [5, 5.41) is 0. The van der Waals surface area contributed by atoms with Crippen molar-refractivity contribution in [1.29, 1.82) is 0 Å². The maximum atomic E-state index is 5.32. The monoisotopic (exact) mass is 165 g/mol. The molecule has 0 aliphatic carbocycles. The Morgan fingerprint density at radius 1 is 1.25 bits per heavy atom. The summed E-state index contributed by atoms with van der Waals surface area (Å²) in [6.07, 6.45) is 7.71. The van der Waals surface area contributed by atoms with Crippen LogP contribution in [0.5, 0.6) is 0 Å². The van der Waals surface area contributed by atoms with Crippen LogP contribution in [-0.4, -0.2) is 37.2 Å². The third kappa shape index (κ3) is 1.48. The summed E-state index contributed by atoms with van der Waals surface area (Å²) in [4.78, 5) is 2.49. The summed E-state index contributed by atoms with van der Waals surface area (Å²) in [6.45, 7) is 4.09. The van der Waals surface area contributed by atoms with E-state index in [1.165, 1.54) is 12.8 Å². The number of ether oxygens (including phenoxy) is 1. The van der Waals surface area contributed by atoms with Crippen molar-refractivity contribution in [2.45, 2.75) is 18.9 Å². The largest absolute Gasteiger partial charge is 0.381 e. The number of hydrogen-bond acceptors (Lipinski definition) is 2. The van der Waals surface area contributed by atoms with Gasteiger partial charge in [0.15, 0.2) is 0 Å². The highest BCUT2D eigenvalue weighted by molar-refractivity contribution is 5.03. The molecule has 2 aliphatic rings. The number of nitrogens with zero attached hydrogens (tertiary/aromatic N) is 1. The molecule has 2 rings (SSSR count). The molecule has 66 valence electrons. The SMILES string of the molecule is C#CC1CN(C2CCOCC2)C1. The predicted molar refractivity (Wildman–Crippen MR) is 47.7 cm³/mol. The van der Waals surface area contributed by atoms with Gasteiger partial charge in [-0.3, -0.25) is 4.90 Å². The summed E-state index contributed by atoms with van der Waals surface area (Å²) < 4.78 is 5.30. The van der Waals surface area contributed by atoms with Gasteiger partial charge >= 0.3 is 0 Å². The molecular weight excluding hydrogens is 150 g/mol. The van der Waals surface area contributed by atoms with Crippen LogP contribution in [0.4, 0.5) is 0 Å². The Kier molecular flexibility index (Phi) is 2.34. The van der Waals surface area contributed by atoms with Crippen molar-refractivity contribution in [2.24, 2.45) is 5.92 Å². The van der Waals surface area contributed by atoms with Gasteiger partial charge in [-0.2, -0.15) is 0 Å². The van der Waals surface area contributed by atoms with E-state index in [2.05, 4.69) is 10.8 Å². The molecule has 2 saturated heterocycles. The molecule has 0 aromatic heterocycles. The zero-order valence-corrected chi connectivity index (χ0v) is 7.33. The molecule has 2 aliphatic heterocycles. The number of terminal acetylenes is 1. The lowest BCUT2D eigenvalue weighted by Crippen LogP contribution is -2.53. The Morgan fingerprint density at radius 3 is 2.50 bits per heavy atom. The Bertz CT molecular complexity index is 185. The van der Waals surface area contributed by atoms with Crippen molar-refractivity contribution in [3.63, 3.8) is 0 Å². The van der Waals surface area contributed by atoms with E-state index < -0.39 is 0 Å². The highest BCUT2D eigenvalue weighted by Gasteiger charge is 2.31. The summed E-state index contributed by atoms with van der Waals surface area (Å²) in [5.41, 5.74) is 0. The van der Waals surface area contributed by atoms with Gasteiger partial charge in [-0.15, -0.1) is 12.3 Å². The zero-order chi connectivity index (χ0) is 8.39. The molecule has 0 spiro atoms. The fraction of sp³-hybridized carbons (Fsp3) is 0.800. The smallest absolute Gasteiger partial charge is 0.0480 e. The Balaban J connectivity index is 1.76. The van der Waals surface area contributed by atoms with Gasteiger partial charge in [0.1, 0.15) is 0 Å². The Labute approximate surface area is 73.9 Å². The van der Waals surface area contributed by atoms with Crippen molar-refractivity contribution in [3.8, 4) is 12.3 Å². The fourth-order valence-electron chi connectivity index (χ4n) is 1.97. The maximum Gasteiger partial charge on any atom is 0.0480 e. The van der Waals surface area contributed by atoms with Gasteiger partial charge in [-0.1, -0.05) is 0 Å². The Hall–Kier alpha value is -0.520. The molecule has 2 heterocycles.